The summed E-state index contributed by atoms with van der Waals surface area (Å²) in [4.78, 5) is 12.3. The van der Waals surface area contributed by atoms with E-state index in [9.17, 15) is 9.00 Å². The zero-order valence-corrected chi connectivity index (χ0v) is 15.7. The van der Waals surface area contributed by atoms with Crippen molar-refractivity contribution < 1.29 is 22.8 Å². The van der Waals surface area contributed by atoms with E-state index in [1.807, 2.05) is 31.2 Å². The first-order valence-electron chi connectivity index (χ1n) is 7.99. The van der Waals surface area contributed by atoms with Gasteiger partial charge in [-0.25, -0.2) is 0 Å². The molecule has 0 saturated heterocycles. The number of fused-ring (bicyclic) bond motifs is 1. The van der Waals surface area contributed by atoms with Gasteiger partial charge in [0.05, 0.1) is 32.4 Å². The maximum Gasteiger partial charge on any atom is 0.310 e. The maximum absolute atomic E-state index is 12.6. The van der Waals surface area contributed by atoms with Gasteiger partial charge in [-0.3, -0.25) is 4.79 Å². The summed E-state index contributed by atoms with van der Waals surface area (Å²) in [7, 11) is 2.91. The minimum Gasteiger partial charge on any atom is -0.497 e. The Balaban J connectivity index is 1.99. The third-order valence-electron chi connectivity index (χ3n) is 4.00. The van der Waals surface area contributed by atoms with Gasteiger partial charge in [0.2, 0.25) is 4.90 Å². The molecule has 26 heavy (non-hydrogen) atoms. The monoisotopic (exact) mass is 374 g/mol. The number of ether oxygens (including phenoxy) is 2. The molecule has 0 N–H and O–H groups in total. The fourth-order valence-electron chi connectivity index (χ4n) is 2.68. The van der Waals surface area contributed by atoms with E-state index in [2.05, 4.69) is 0 Å². The lowest BCUT2D eigenvalue weighted by Gasteiger charge is -2.03. The number of methoxy groups -OCH3 is 2. The molecule has 0 amide bonds. The number of rotatable bonds is 6. The summed E-state index contributed by atoms with van der Waals surface area (Å²) < 4.78 is 29.7. The lowest BCUT2D eigenvalue weighted by molar-refractivity contribution is -0.139. The fraction of sp³-hybridized carbons (Fsp3) is 0.211. The van der Waals surface area contributed by atoms with Gasteiger partial charge < -0.3 is 9.47 Å². The van der Waals surface area contributed by atoms with Crippen LogP contribution >= 0.6 is 0 Å². The van der Waals surface area contributed by atoms with Crippen molar-refractivity contribution in [3.05, 3.63) is 59.8 Å². The van der Waals surface area contributed by atoms with Crippen LogP contribution in [-0.4, -0.2) is 24.9 Å². The molecule has 1 aromatic heterocycles. The molecule has 7 heteroatoms. The third-order valence-corrected chi connectivity index (χ3v) is 5.02. The number of thiol groups is 1. The van der Waals surface area contributed by atoms with Gasteiger partial charge >= 0.3 is 17.0 Å². The second-order valence-corrected chi connectivity index (χ2v) is 6.99. The average Bonchev–Trinajstić information content (AvgIpc) is 2.98. The number of nitrogens with zero attached hydrogens (tertiary/aromatic N) is 1. The van der Waals surface area contributed by atoms with Crippen LogP contribution in [0.25, 0.3) is 10.9 Å². The van der Waals surface area contributed by atoms with Crippen molar-refractivity contribution in [2.24, 2.45) is 0 Å². The van der Waals surface area contributed by atoms with Crippen molar-refractivity contribution >= 4 is 28.0 Å². The highest BCUT2D eigenvalue weighted by Crippen LogP contribution is 2.26. The molecule has 1 atom stereocenters. The topological polar surface area (TPSA) is 66.8 Å². The standard InChI is InChI=1S/C19H19NO5S/c1-13-5-4-6-16(9-13)26(22)25-20-12-14(10-19(21)24-3)17-11-15(23-2)7-8-18(17)20/h4-9,11-12H,10H2,1-3H3/p+1. The van der Waals surface area contributed by atoms with E-state index in [0.717, 1.165) is 10.9 Å². The number of hydrogen-bond acceptors (Lipinski definition) is 5. The lowest BCUT2D eigenvalue weighted by atomic mass is 10.1. The molecule has 0 radical (unpaired) electrons. The molecule has 0 aliphatic heterocycles. The molecule has 0 saturated carbocycles. The van der Waals surface area contributed by atoms with Crippen LogP contribution in [0.5, 0.6) is 5.75 Å². The lowest BCUT2D eigenvalue weighted by Crippen LogP contribution is -2.13. The summed E-state index contributed by atoms with van der Waals surface area (Å²) in [5.74, 6) is 0.291. The Kier molecular flexibility index (Phi) is 5.27. The van der Waals surface area contributed by atoms with E-state index < -0.39 is 11.1 Å². The van der Waals surface area contributed by atoms with Crippen LogP contribution in [0.1, 0.15) is 11.1 Å². The highest BCUT2D eigenvalue weighted by molar-refractivity contribution is 7.80. The number of hydrogen-bond donors (Lipinski definition) is 0. The van der Waals surface area contributed by atoms with Crippen molar-refractivity contribution in [1.29, 1.82) is 0 Å². The van der Waals surface area contributed by atoms with Crippen molar-refractivity contribution in [1.82, 2.24) is 4.73 Å². The Labute approximate surface area is 153 Å². The molecule has 1 heterocycles. The van der Waals surface area contributed by atoms with Crippen LogP contribution in [0, 0.1) is 6.92 Å². The molecule has 1 unspecified atom stereocenters. The summed E-state index contributed by atoms with van der Waals surface area (Å²) in [6.45, 7) is 1.93. The largest absolute Gasteiger partial charge is 0.497 e. The van der Waals surface area contributed by atoms with Crippen LogP contribution in [0.15, 0.2) is 53.6 Å². The molecule has 3 rings (SSSR count). The van der Waals surface area contributed by atoms with Gasteiger partial charge in [0.1, 0.15) is 5.75 Å². The maximum atomic E-state index is 12.6. The van der Waals surface area contributed by atoms with E-state index in [1.54, 1.807) is 31.5 Å². The van der Waals surface area contributed by atoms with Crippen molar-refractivity contribution in [2.75, 3.05) is 14.2 Å². The summed E-state index contributed by atoms with van der Waals surface area (Å²) in [6, 6.07) is 12.7. The highest BCUT2D eigenvalue weighted by Gasteiger charge is 2.19. The molecule has 0 fully saturated rings. The van der Waals surface area contributed by atoms with Gasteiger partial charge in [0.15, 0.2) is 0 Å². The van der Waals surface area contributed by atoms with Gasteiger partial charge in [-0.1, -0.05) is 16.3 Å². The Morgan fingerprint density at radius 3 is 2.65 bits per heavy atom. The predicted octanol–water partition coefficient (Wildman–Crippen LogP) is 2.77. The van der Waals surface area contributed by atoms with E-state index in [1.165, 1.54) is 11.8 Å². The number of carbonyl (C=O) groups is 1. The van der Waals surface area contributed by atoms with E-state index >= 15 is 0 Å². The highest BCUT2D eigenvalue weighted by atomic mass is 32.2. The second-order valence-electron chi connectivity index (χ2n) is 5.79. The second kappa shape index (κ2) is 7.61. The van der Waals surface area contributed by atoms with Crippen LogP contribution in [-0.2, 0) is 31.2 Å². The zero-order chi connectivity index (χ0) is 18.7. The van der Waals surface area contributed by atoms with Crippen molar-refractivity contribution in [3.63, 3.8) is 0 Å². The Morgan fingerprint density at radius 2 is 1.96 bits per heavy atom. The fourth-order valence-corrected chi connectivity index (χ4v) is 3.58. The molecule has 2 aromatic carbocycles. The summed E-state index contributed by atoms with van der Waals surface area (Å²) in [5.41, 5.74) is 2.40. The molecule has 6 nitrogen and oxygen atoms in total. The van der Waals surface area contributed by atoms with E-state index in [-0.39, 0.29) is 12.4 Å². The predicted molar refractivity (Wildman–Crippen MR) is 99.7 cm³/mol. The number of benzene rings is 2. The molecule has 3 aromatic rings. The Morgan fingerprint density at radius 1 is 1.15 bits per heavy atom. The van der Waals surface area contributed by atoms with Crippen molar-refractivity contribution in [2.45, 2.75) is 18.2 Å². The number of aromatic nitrogens is 1. The number of aryl methyl sites for hydroxylation is 1. The molecule has 136 valence electrons. The van der Waals surface area contributed by atoms with E-state index in [0.29, 0.717) is 21.7 Å². The Bertz CT molecular complexity index is 979. The summed E-state index contributed by atoms with van der Waals surface area (Å²) in [6.07, 6.45) is 1.74. The third kappa shape index (κ3) is 3.72. The van der Waals surface area contributed by atoms with Gasteiger partial charge in [-0.2, -0.15) is 4.28 Å². The van der Waals surface area contributed by atoms with E-state index in [4.69, 9.17) is 13.8 Å². The zero-order valence-electron chi connectivity index (χ0n) is 14.8. The molecule has 0 spiro atoms. The van der Waals surface area contributed by atoms with Crippen LogP contribution in [0.3, 0.4) is 0 Å². The van der Waals surface area contributed by atoms with Crippen LogP contribution < -0.4 is 9.02 Å². The smallest absolute Gasteiger partial charge is 0.310 e. The number of esters is 1. The first kappa shape index (κ1) is 18.0. The first-order chi connectivity index (χ1) is 12.5. The van der Waals surface area contributed by atoms with Gasteiger partial charge in [0.25, 0.3) is 0 Å². The molecule has 0 aliphatic rings. The molecule has 0 aliphatic carbocycles. The minimum absolute atomic E-state index is 0.0811. The van der Waals surface area contributed by atoms with Crippen LogP contribution in [0.2, 0.25) is 0 Å². The van der Waals surface area contributed by atoms with Gasteiger partial charge in [0, 0.05) is 5.39 Å². The molecular formula is C19H20NO5S+. The number of carbonyl (C=O) groups excluding carboxylic acids is 1. The van der Waals surface area contributed by atoms with Gasteiger partial charge in [-0.15, -0.1) is 4.73 Å². The SMILES string of the molecule is COC(=O)Cc1cn(O[SH+](=O)c2cccc(C)c2)c2ccc(OC)cc12. The summed E-state index contributed by atoms with van der Waals surface area (Å²) >= 11 is -2.10. The van der Waals surface area contributed by atoms with Crippen LogP contribution in [0.4, 0.5) is 0 Å². The summed E-state index contributed by atoms with van der Waals surface area (Å²) in [5, 5.41) is 0.780. The van der Waals surface area contributed by atoms with Crippen molar-refractivity contribution in [3.8, 4) is 5.75 Å². The average molecular weight is 374 g/mol. The first-order valence-corrected chi connectivity index (χ1v) is 9.16. The van der Waals surface area contributed by atoms with Gasteiger partial charge in [-0.05, 0) is 48.4 Å². The normalized spacial score (nSPS) is 12.0. The molecular weight excluding hydrogens is 354 g/mol. The molecule has 0 bridgehead atoms. The quantitative estimate of drug-likeness (QED) is 0.377. The Hall–Kier alpha value is -2.80. The minimum atomic E-state index is -2.10.